The fourth-order valence-electron chi connectivity index (χ4n) is 9.92. The molecule has 6 aliphatic rings. The largest absolute Gasteiger partial charge is 0.451 e. The van der Waals surface area contributed by atoms with Crippen LogP contribution in [0.5, 0.6) is 0 Å². The van der Waals surface area contributed by atoms with Crippen molar-refractivity contribution in [1.29, 1.82) is 0 Å². The summed E-state index contributed by atoms with van der Waals surface area (Å²) in [5, 5.41) is 63.5. The third kappa shape index (κ3) is 2.00. The lowest BCUT2D eigenvalue weighted by Crippen LogP contribution is -2.77. The van der Waals surface area contributed by atoms with Crippen molar-refractivity contribution in [2.45, 2.75) is 99.8 Å². The van der Waals surface area contributed by atoms with E-state index >= 15 is 0 Å². The number of rotatable bonds is 5. The van der Waals surface area contributed by atoms with Crippen LogP contribution >= 0.6 is 0 Å². The minimum absolute atomic E-state index is 0.0905. The molecule has 7 N–H and O–H groups in total. The van der Waals surface area contributed by atoms with Crippen LogP contribution in [-0.4, -0.2) is 89.5 Å². The predicted octanol–water partition coefficient (Wildman–Crippen LogP) is -0.0289. The van der Waals surface area contributed by atoms with Gasteiger partial charge in [0.1, 0.15) is 28.1 Å². The zero-order valence-electron chi connectivity index (χ0n) is 22.0. The monoisotopic (exact) mass is 522 g/mol. The van der Waals surface area contributed by atoms with Gasteiger partial charge in [-0.15, -0.1) is 0 Å². The van der Waals surface area contributed by atoms with Crippen molar-refractivity contribution in [3.8, 4) is 0 Å². The van der Waals surface area contributed by atoms with Gasteiger partial charge in [0.15, 0.2) is 17.5 Å². The Morgan fingerprint density at radius 2 is 1.89 bits per heavy atom. The van der Waals surface area contributed by atoms with Gasteiger partial charge in [-0.3, -0.25) is 0 Å². The minimum Gasteiger partial charge on any atom is -0.451 e. The van der Waals surface area contributed by atoms with Crippen molar-refractivity contribution >= 4 is 5.97 Å². The van der Waals surface area contributed by atoms with Crippen LogP contribution in [-0.2, 0) is 14.3 Å². The number of nitrogens with one attached hydrogen (secondary N) is 2. The number of ether oxygens (including phenoxy) is 2. The summed E-state index contributed by atoms with van der Waals surface area (Å²) in [5.74, 6) is -3.99. The summed E-state index contributed by atoms with van der Waals surface area (Å²) in [5.41, 5.74) is -11.7. The van der Waals surface area contributed by atoms with E-state index in [1.165, 1.54) is 26.3 Å². The van der Waals surface area contributed by atoms with E-state index in [0.717, 1.165) is 0 Å². The molecule has 2 aliphatic heterocycles. The van der Waals surface area contributed by atoms with Gasteiger partial charge in [0.05, 0.1) is 18.6 Å². The molecule has 2 saturated heterocycles. The zero-order valence-corrected chi connectivity index (χ0v) is 22.0. The van der Waals surface area contributed by atoms with Crippen LogP contribution in [0.15, 0.2) is 18.3 Å². The lowest BCUT2D eigenvalue weighted by molar-refractivity contribution is -0.384. The van der Waals surface area contributed by atoms with E-state index in [1.807, 2.05) is 6.92 Å². The quantitative estimate of drug-likeness (QED) is 0.206. The van der Waals surface area contributed by atoms with E-state index in [2.05, 4.69) is 10.5 Å². The van der Waals surface area contributed by atoms with Crippen molar-refractivity contribution in [3.05, 3.63) is 24.0 Å². The van der Waals surface area contributed by atoms with Crippen LogP contribution in [0.4, 0.5) is 0 Å². The molecule has 4 saturated carbocycles. The maximum absolute atomic E-state index is 13.3. The first-order valence-electron chi connectivity index (χ1n) is 13.0. The Labute approximate surface area is 215 Å². The van der Waals surface area contributed by atoms with Gasteiger partial charge >= 0.3 is 5.97 Å². The number of hydroxylamine groups is 1. The molecule has 11 atom stereocenters. The fraction of sp³-hybridized carbons (Fsp3) is 0.808. The van der Waals surface area contributed by atoms with Crippen LogP contribution in [0.3, 0.4) is 0 Å². The highest BCUT2D eigenvalue weighted by molar-refractivity contribution is 5.87. The second kappa shape index (κ2) is 6.76. The molecule has 1 spiro atoms. The fourth-order valence-corrected chi connectivity index (χ4v) is 9.92. The van der Waals surface area contributed by atoms with Crippen molar-refractivity contribution in [2.24, 2.45) is 22.7 Å². The van der Waals surface area contributed by atoms with Gasteiger partial charge in [0, 0.05) is 18.0 Å². The molecule has 7 rings (SSSR count). The Kier molecular flexibility index (Phi) is 4.70. The second-order valence-electron chi connectivity index (χ2n) is 12.8. The Bertz CT molecular complexity index is 1160. The summed E-state index contributed by atoms with van der Waals surface area (Å²) in [6.45, 7) is 8.28. The highest BCUT2D eigenvalue weighted by Gasteiger charge is 3.10. The summed E-state index contributed by atoms with van der Waals surface area (Å²) in [4.78, 5) is 21.4. The average molecular weight is 523 g/mol. The van der Waals surface area contributed by atoms with Gasteiger partial charge in [0.2, 0.25) is 0 Å². The highest BCUT2D eigenvalue weighted by atomic mass is 16.7. The number of hydrogen-bond donors (Lipinski definition) is 7. The molecule has 6 bridgehead atoms. The van der Waals surface area contributed by atoms with E-state index < -0.39 is 68.7 Å². The second-order valence-corrected chi connectivity index (χ2v) is 12.8. The number of aromatic amines is 1. The van der Waals surface area contributed by atoms with Gasteiger partial charge in [-0.1, -0.05) is 27.7 Å². The summed E-state index contributed by atoms with van der Waals surface area (Å²) in [6, 6.07) is 2.21. The maximum Gasteiger partial charge on any atom is 0.355 e. The van der Waals surface area contributed by atoms with Gasteiger partial charge in [0.25, 0.3) is 0 Å². The molecule has 1 aromatic rings. The number of carbonyl (C=O) groups is 1. The van der Waals surface area contributed by atoms with Crippen molar-refractivity contribution in [3.63, 3.8) is 0 Å². The summed E-state index contributed by atoms with van der Waals surface area (Å²) in [6.07, 6.45) is 0.158. The molecule has 1 aromatic heterocycles. The topological polar surface area (TPSA) is 174 Å². The van der Waals surface area contributed by atoms with Gasteiger partial charge in [-0.25, -0.2) is 4.79 Å². The third-order valence-corrected chi connectivity index (χ3v) is 11.6. The molecule has 0 aromatic carbocycles. The molecule has 4 aliphatic carbocycles. The van der Waals surface area contributed by atoms with Crippen molar-refractivity contribution in [1.82, 2.24) is 10.5 Å². The van der Waals surface area contributed by atoms with Crippen LogP contribution in [0.25, 0.3) is 0 Å². The number of hydrogen-bond acceptors (Lipinski definition) is 10. The average Bonchev–Trinajstić information content (AvgIpc) is 3.45. The molecule has 206 valence electrons. The Morgan fingerprint density at radius 3 is 2.46 bits per heavy atom. The van der Waals surface area contributed by atoms with E-state index in [9.17, 15) is 30.3 Å². The summed E-state index contributed by atoms with van der Waals surface area (Å²) < 4.78 is 12.4. The number of carbonyl (C=O) groups excluding carboxylic acids is 1. The highest BCUT2D eigenvalue weighted by Crippen LogP contribution is 2.90. The predicted molar refractivity (Wildman–Crippen MR) is 127 cm³/mol. The first kappa shape index (κ1) is 25.7. The van der Waals surface area contributed by atoms with Crippen molar-refractivity contribution < 1.29 is 44.6 Å². The molecular formula is C26H38N2O9. The molecule has 0 radical (unpaired) electrons. The molecule has 11 heteroatoms. The first-order chi connectivity index (χ1) is 17.1. The summed E-state index contributed by atoms with van der Waals surface area (Å²) >= 11 is 0. The van der Waals surface area contributed by atoms with Crippen molar-refractivity contribution in [2.75, 3.05) is 7.11 Å². The lowest BCUT2D eigenvalue weighted by Gasteiger charge is -2.61. The van der Waals surface area contributed by atoms with Crippen LogP contribution in [0.1, 0.15) is 64.4 Å². The summed E-state index contributed by atoms with van der Waals surface area (Å²) in [7, 11) is 1.40. The van der Waals surface area contributed by atoms with E-state index in [-0.39, 0.29) is 24.5 Å². The maximum atomic E-state index is 13.3. The third-order valence-electron chi connectivity index (χ3n) is 11.6. The lowest BCUT2D eigenvalue weighted by atomic mass is 9.52. The number of esters is 1. The Balaban J connectivity index is 1.69. The standard InChI is InChI=1S/C26H38N2O9/c1-13(2)23(32)18(36-17(29)15-8-7-11-27-15)24(33)19(4)12-22(31)20(23,5)26(24,34)25(37-22)16(28-35-6)14(3)9-10-21(19,25)30/h7-8,11,13-14,16,18,27-28,30-34H,9-10,12H2,1-6H3/t14-,16-,18+,19-,20-,21-,22-,23+,24+,25+,26+/m0/s1. The molecule has 37 heavy (non-hydrogen) atoms. The Morgan fingerprint density at radius 1 is 1.22 bits per heavy atom. The van der Waals surface area contributed by atoms with Gasteiger partial charge < -0.3 is 44.8 Å². The van der Waals surface area contributed by atoms with Crippen LogP contribution in [0, 0.1) is 22.7 Å². The number of H-pyrrole nitrogens is 1. The number of aliphatic hydroxyl groups is 5. The molecule has 0 amide bonds. The van der Waals surface area contributed by atoms with Crippen LogP contribution in [0.2, 0.25) is 0 Å². The van der Waals surface area contributed by atoms with E-state index in [0.29, 0.717) is 6.42 Å². The Hall–Kier alpha value is -1.57. The molecular weight excluding hydrogens is 484 g/mol. The van der Waals surface area contributed by atoms with E-state index in [4.69, 9.17) is 14.3 Å². The molecule has 3 heterocycles. The van der Waals surface area contributed by atoms with Crippen LogP contribution < -0.4 is 5.48 Å². The molecule has 11 nitrogen and oxygen atoms in total. The van der Waals surface area contributed by atoms with Gasteiger partial charge in [-0.2, -0.15) is 5.48 Å². The molecule has 6 fully saturated rings. The molecule has 0 unspecified atom stereocenters. The smallest absolute Gasteiger partial charge is 0.355 e. The van der Waals surface area contributed by atoms with E-state index in [1.54, 1.807) is 26.8 Å². The number of aromatic nitrogens is 1. The first-order valence-corrected chi connectivity index (χ1v) is 13.0. The zero-order chi connectivity index (χ0) is 27.2. The SMILES string of the molecule is CON[C@H]1[C@@H](C)CC[C@]2(O)[C@]3(C)C[C@]4(O)O[C@]12[C@]1(O)[C@@]3(O)[C@H](OC(=O)c2ccc[nH]2)[C@](O)(C(C)C)[C@@]14C. The van der Waals surface area contributed by atoms with Gasteiger partial charge in [-0.05, 0) is 43.7 Å². The minimum atomic E-state index is -2.48. The normalized spacial score (nSPS) is 57.2.